The highest BCUT2D eigenvalue weighted by atomic mass is 32.2. The van der Waals surface area contributed by atoms with E-state index in [0.717, 1.165) is 16.3 Å². The van der Waals surface area contributed by atoms with Gasteiger partial charge in [0.1, 0.15) is 0 Å². The molecule has 4 heteroatoms. The second-order valence-corrected chi connectivity index (χ2v) is 5.81. The lowest BCUT2D eigenvalue weighted by atomic mass is 10.1. The molecule has 0 fully saturated rings. The van der Waals surface area contributed by atoms with Gasteiger partial charge in [0.25, 0.3) is 0 Å². The van der Waals surface area contributed by atoms with Gasteiger partial charge in [-0.3, -0.25) is 4.79 Å². The van der Waals surface area contributed by atoms with E-state index in [-0.39, 0.29) is 5.91 Å². The number of rotatable bonds is 4. The number of amides is 1. The molecule has 0 spiro atoms. The normalized spacial score (nSPS) is 10.3. The summed E-state index contributed by atoms with van der Waals surface area (Å²) in [5.41, 5.74) is 4.36. The maximum absolute atomic E-state index is 11.9. The largest absolute Gasteiger partial charge is 0.325 e. The first-order chi connectivity index (χ1) is 9.54. The van der Waals surface area contributed by atoms with Gasteiger partial charge < -0.3 is 5.32 Å². The summed E-state index contributed by atoms with van der Waals surface area (Å²) in [6, 6.07) is 9.86. The number of aromatic nitrogens is 1. The van der Waals surface area contributed by atoms with Crippen LogP contribution in [0.4, 0.5) is 5.69 Å². The van der Waals surface area contributed by atoms with Crippen molar-refractivity contribution in [3.8, 4) is 0 Å². The summed E-state index contributed by atoms with van der Waals surface area (Å²) in [6.45, 7) is 6.09. The summed E-state index contributed by atoms with van der Waals surface area (Å²) in [6.07, 6.45) is 1.81. The van der Waals surface area contributed by atoms with E-state index in [1.54, 1.807) is 0 Å². The van der Waals surface area contributed by atoms with Crippen LogP contribution in [-0.4, -0.2) is 16.6 Å². The zero-order valence-electron chi connectivity index (χ0n) is 11.9. The lowest BCUT2D eigenvalue weighted by Gasteiger charge is -2.07. The maximum atomic E-state index is 11.9. The Bertz CT molecular complexity index is 608. The van der Waals surface area contributed by atoms with E-state index in [1.165, 1.54) is 22.9 Å². The molecule has 0 radical (unpaired) electrons. The van der Waals surface area contributed by atoms with Crippen LogP contribution in [0.25, 0.3) is 0 Å². The molecule has 0 saturated carbocycles. The molecule has 20 heavy (non-hydrogen) atoms. The van der Waals surface area contributed by atoms with Gasteiger partial charge in [0, 0.05) is 11.9 Å². The molecular weight excluding hydrogens is 268 g/mol. The molecule has 0 aliphatic rings. The average molecular weight is 286 g/mol. The van der Waals surface area contributed by atoms with Crippen LogP contribution in [-0.2, 0) is 4.79 Å². The first-order valence-electron chi connectivity index (χ1n) is 6.47. The molecule has 104 valence electrons. The van der Waals surface area contributed by atoms with Crippen molar-refractivity contribution in [3.63, 3.8) is 0 Å². The lowest BCUT2D eigenvalue weighted by Crippen LogP contribution is -2.14. The fraction of sp³-hybridized carbons (Fsp3) is 0.250. The second-order valence-electron chi connectivity index (χ2n) is 4.81. The van der Waals surface area contributed by atoms with Gasteiger partial charge in [-0.05, 0) is 55.7 Å². The molecule has 1 heterocycles. The van der Waals surface area contributed by atoms with Crippen molar-refractivity contribution in [1.82, 2.24) is 4.98 Å². The third-order valence-electron chi connectivity index (χ3n) is 3.03. The first kappa shape index (κ1) is 14.6. The highest BCUT2D eigenvalue weighted by molar-refractivity contribution is 7.99. The maximum Gasteiger partial charge on any atom is 0.234 e. The molecule has 0 aliphatic heterocycles. The van der Waals surface area contributed by atoms with E-state index in [0.29, 0.717) is 5.75 Å². The van der Waals surface area contributed by atoms with Crippen LogP contribution in [0.2, 0.25) is 0 Å². The SMILES string of the molecule is Cc1ccc(SCC(=O)Nc2ccc(C)c(C)c2)nc1. The van der Waals surface area contributed by atoms with Crippen molar-refractivity contribution >= 4 is 23.4 Å². The number of hydrogen-bond donors (Lipinski definition) is 1. The summed E-state index contributed by atoms with van der Waals surface area (Å²) in [5.74, 6) is 0.351. The van der Waals surface area contributed by atoms with E-state index in [4.69, 9.17) is 0 Å². The average Bonchev–Trinajstić information content (AvgIpc) is 2.42. The minimum atomic E-state index is -0.0133. The lowest BCUT2D eigenvalue weighted by molar-refractivity contribution is -0.113. The molecule has 0 bridgehead atoms. The molecule has 1 aromatic heterocycles. The minimum Gasteiger partial charge on any atom is -0.325 e. The van der Waals surface area contributed by atoms with E-state index >= 15 is 0 Å². The van der Waals surface area contributed by atoms with Crippen LogP contribution in [0, 0.1) is 20.8 Å². The van der Waals surface area contributed by atoms with Gasteiger partial charge in [0.05, 0.1) is 10.8 Å². The Balaban J connectivity index is 1.89. The topological polar surface area (TPSA) is 42.0 Å². The summed E-state index contributed by atoms with van der Waals surface area (Å²) in [7, 11) is 0. The van der Waals surface area contributed by atoms with Crippen LogP contribution in [0.3, 0.4) is 0 Å². The fourth-order valence-corrected chi connectivity index (χ4v) is 2.34. The van der Waals surface area contributed by atoms with Crippen molar-refractivity contribution in [2.75, 3.05) is 11.1 Å². The van der Waals surface area contributed by atoms with Crippen molar-refractivity contribution in [1.29, 1.82) is 0 Å². The van der Waals surface area contributed by atoms with E-state index < -0.39 is 0 Å². The number of pyridine rings is 1. The number of nitrogens with zero attached hydrogens (tertiary/aromatic N) is 1. The Morgan fingerprint density at radius 2 is 1.95 bits per heavy atom. The van der Waals surface area contributed by atoms with Gasteiger partial charge in [-0.2, -0.15) is 0 Å². The van der Waals surface area contributed by atoms with Gasteiger partial charge in [0.2, 0.25) is 5.91 Å². The zero-order chi connectivity index (χ0) is 14.5. The predicted molar refractivity (Wildman–Crippen MR) is 84.2 cm³/mol. The monoisotopic (exact) mass is 286 g/mol. The molecule has 3 nitrogen and oxygen atoms in total. The van der Waals surface area contributed by atoms with Gasteiger partial charge in [-0.15, -0.1) is 0 Å². The van der Waals surface area contributed by atoms with Crippen LogP contribution in [0.15, 0.2) is 41.6 Å². The predicted octanol–water partition coefficient (Wildman–Crippen LogP) is 3.74. The molecule has 0 atom stereocenters. The number of thioether (sulfide) groups is 1. The number of hydrogen-bond acceptors (Lipinski definition) is 3. The summed E-state index contributed by atoms with van der Waals surface area (Å²) in [4.78, 5) is 16.2. The second kappa shape index (κ2) is 6.57. The molecule has 1 amide bonds. The minimum absolute atomic E-state index is 0.0133. The Hall–Kier alpha value is -1.81. The molecule has 2 rings (SSSR count). The molecule has 1 N–H and O–H groups in total. The number of anilines is 1. The number of aryl methyl sites for hydroxylation is 3. The molecule has 0 unspecified atom stereocenters. The highest BCUT2D eigenvalue weighted by Gasteiger charge is 2.05. The Morgan fingerprint density at radius 1 is 1.15 bits per heavy atom. The van der Waals surface area contributed by atoms with Crippen molar-refractivity contribution < 1.29 is 4.79 Å². The van der Waals surface area contributed by atoms with E-state index in [2.05, 4.69) is 17.2 Å². The Kier molecular flexibility index (Phi) is 4.79. The standard InChI is InChI=1S/C16H18N2OS/c1-11-4-7-16(17-9-11)20-10-15(19)18-14-6-5-12(2)13(3)8-14/h4-9H,10H2,1-3H3,(H,18,19). The number of nitrogens with one attached hydrogen (secondary N) is 1. The molecule has 1 aromatic carbocycles. The quantitative estimate of drug-likeness (QED) is 0.871. The molecule has 0 saturated heterocycles. The van der Waals surface area contributed by atoms with Gasteiger partial charge >= 0.3 is 0 Å². The summed E-state index contributed by atoms with van der Waals surface area (Å²) >= 11 is 1.44. The van der Waals surface area contributed by atoms with Crippen LogP contribution in [0.1, 0.15) is 16.7 Å². The van der Waals surface area contributed by atoms with Crippen molar-refractivity contribution in [3.05, 3.63) is 53.2 Å². The van der Waals surface area contributed by atoms with Crippen LogP contribution in [0.5, 0.6) is 0 Å². The van der Waals surface area contributed by atoms with Crippen molar-refractivity contribution in [2.24, 2.45) is 0 Å². The molecule has 0 aliphatic carbocycles. The van der Waals surface area contributed by atoms with Crippen molar-refractivity contribution in [2.45, 2.75) is 25.8 Å². The molecule has 2 aromatic rings. The summed E-state index contributed by atoms with van der Waals surface area (Å²) in [5, 5.41) is 3.77. The fourth-order valence-electron chi connectivity index (χ4n) is 1.70. The van der Waals surface area contributed by atoms with Gasteiger partial charge in [-0.1, -0.05) is 23.9 Å². The smallest absolute Gasteiger partial charge is 0.234 e. The summed E-state index contributed by atoms with van der Waals surface area (Å²) < 4.78 is 0. The Labute approximate surface area is 123 Å². The highest BCUT2D eigenvalue weighted by Crippen LogP contribution is 2.17. The van der Waals surface area contributed by atoms with Gasteiger partial charge in [-0.25, -0.2) is 4.98 Å². The van der Waals surface area contributed by atoms with E-state index in [1.807, 2.05) is 50.4 Å². The third-order valence-corrected chi connectivity index (χ3v) is 3.97. The van der Waals surface area contributed by atoms with Crippen LogP contribution >= 0.6 is 11.8 Å². The van der Waals surface area contributed by atoms with E-state index in [9.17, 15) is 4.79 Å². The Morgan fingerprint density at radius 3 is 2.60 bits per heavy atom. The van der Waals surface area contributed by atoms with Gasteiger partial charge in [0.15, 0.2) is 0 Å². The first-order valence-corrected chi connectivity index (χ1v) is 7.46. The molecular formula is C16H18N2OS. The third kappa shape index (κ3) is 4.10. The van der Waals surface area contributed by atoms with Crippen LogP contribution < -0.4 is 5.32 Å². The number of carbonyl (C=O) groups is 1. The number of carbonyl (C=O) groups excluding carboxylic acids is 1. The number of benzene rings is 1. The zero-order valence-corrected chi connectivity index (χ0v) is 12.8.